The number of anilines is 1. The number of hydrogen-bond acceptors (Lipinski definition) is 2. The number of phenolic OH excluding ortho intramolecular Hbond substituents is 1. The van der Waals surface area contributed by atoms with Gasteiger partial charge in [-0.3, -0.25) is 0 Å². The van der Waals surface area contributed by atoms with Crippen LogP contribution in [0.15, 0.2) is 18.2 Å². The van der Waals surface area contributed by atoms with Gasteiger partial charge in [0, 0.05) is 6.54 Å². The number of unbranched alkanes of at least 4 members (excludes halogenated alkanes) is 15. The second-order valence-corrected chi connectivity index (χ2v) is 8.25. The lowest BCUT2D eigenvalue weighted by Gasteiger charge is -2.09. The summed E-state index contributed by atoms with van der Waals surface area (Å²) in [7, 11) is 0. The third-order valence-corrected chi connectivity index (χ3v) is 5.72. The molecule has 0 saturated heterocycles. The maximum Gasteiger partial charge on any atom is 0.136 e. The molecule has 3 heteroatoms. The van der Waals surface area contributed by atoms with E-state index in [9.17, 15) is 5.11 Å². The van der Waals surface area contributed by atoms with Crippen molar-refractivity contribution in [2.75, 3.05) is 11.9 Å². The van der Waals surface area contributed by atoms with Gasteiger partial charge in [-0.05, 0) is 18.6 Å². The smallest absolute Gasteiger partial charge is 0.136 e. The monoisotopic (exact) mass is 395 g/mol. The zero-order valence-corrected chi connectivity index (χ0v) is 18.3. The summed E-state index contributed by atoms with van der Waals surface area (Å²) in [6.45, 7) is 3.20. The van der Waals surface area contributed by atoms with E-state index in [4.69, 9.17) is 11.6 Å². The van der Waals surface area contributed by atoms with Crippen LogP contribution >= 0.6 is 11.6 Å². The average Bonchev–Trinajstić information content (AvgIpc) is 2.67. The van der Waals surface area contributed by atoms with Crippen molar-refractivity contribution in [3.8, 4) is 5.75 Å². The van der Waals surface area contributed by atoms with Crippen molar-refractivity contribution in [2.45, 2.75) is 110 Å². The Kier molecular flexibility index (Phi) is 15.4. The Hall–Kier alpha value is -0.890. The van der Waals surface area contributed by atoms with E-state index in [0.717, 1.165) is 18.7 Å². The van der Waals surface area contributed by atoms with Gasteiger partial charge in [-0.25, -0.2) is 0 Å². The number of rotatable bonds is 18. The third-order valence-electron chi connectivity index (χ3n) is 5.32. The number of nitrogens with one attached hydrogen (secondary N) is 1. The lowest BCUT2D eigenvalue weighted by molar-refractivity contribution is 0.476. The molecule has 0 fully saturated rings. The lowest BCUT2D eigenvalue weighted by atomic mass is 10.0. The molecule has 1 aromatic carbocycles. The second kappa shape index (κ2) is 17.2. The lowest BCUT2D eigenvalue weighted by Crippen LogP contribution is -2.01. The summed E-state index contributed by atoms with van der Waals surface area (Å²) in [5.41, 5.74) is 0.831. The van der Waals surface area contributed by atoms with Crippen LogP contribution in [0.25, 0.3) is 0 Å². The fourth-order valence-corrected chi connectivity index (χ4v) is 3.75. The maximum atomic E-state index is 9.57. The summed E-state index contributed by atoms with van der Waals surface area (Å²) in [6.07, 6.45) is 22.2. The zero-order valence-electron chi connectivity index (χ0n) is 17.6. The Morgan fingerprint density at radius 1 is 0.704 bits per heavy atom. The molecule has 0 heterocycles. The van der Waals surface area contributed by atoms with Gasteiger partial charge in [-0.1, -0.05) is 121 Å². The van der Waals surface area contributed by atoms with E-state index < -0.39 is 0 Å². The number of halogens is 1. The molecule has 0 aliphatic heterocycles. The van der Waals surface area contributed by atoms with Gasteiger partial charge in [0.25, 0.3) is 0 Å². The molecule has 0 radical (unpaired) electrons. The van der Waals surface area contributed by atoms with Gasteiger partial charge in [-0.2, -0.15) is 0 Å². The predicted octanol–water partition coefficient (Wildman–Crippen LogP) is 8.72. The first-order chi connectivity index (χ1) is 13.3. The van der Waals surface area contributed by atoms with Gasteiger partial charge < -0.3 is 10.4 Å². The fourth-order valence-electron chi connectivity index (χ4n) is 3.55. The summed E-state index contributed by atoms with van der Waals surface area (Å²) in [6, 6.07) is 5.34. The molecule has 0 saturated carbocycles. The molecule has 0 aliphatic carbocycles. The highest BCUT2D eigenvalue weighted by atomic mass is 35.5. The quantitative estimate of drug-likeness (QED) is 0.243. The molecule has 0 bridgehead atoms. The highest BCUT2D eigenvalue weighted by molar-refractivity contribution is 6.34. The van der Waals surface area contributed by atoms with Gasteiger partial charge in [0.2, 0.25) is 0 Å². The minimum Gasteiger partial charge on any atom is -0.506 e. The summed E-state index contributed by atoms with van der Waals surface area (Å²) < 4.78 is 0. The van der Waals surface area contributed by atoms with Gasteiger partial charge in [-0.15, -0.1) is 0 Å². The van der Waals surface area contributed by atoms with Crippen LogP contribution in [0.5, 0.6) is 5.75 Å². The average molecular weight is 396 g/mol. The molecule has 0 unspecified atom stereocenters. The first kappa shape index (κ1) is 24.1. The van der Waals surface area contributed by atoms with E-state index >= 15 is 0 Å². The van der Waals surface area contributed by atoms with Crippen molar-refractivity contribution in [1.29, 1.82) is 0 Å². The van der Waals surface area contributed by atoms with E-state index in [1.165, 1.54) is 96.3 Å². The number of phenols is 1. The number of hydrogen-bond donors (Lipinski definition) is 2. The topological polar surface area (TPSA) is 32.3 Å². The molecule has 0 atom stereocenters. The Labute approximate surface area is 173 Å². The second-order valence-electron chi connectivity index (χ2n) is 7.87. The highest BCUT2D eigenvalue weighted by Crippen LogP contribution is 2.30. The standard InChI is InChI=1S/C24H42ClNO/c1-2-3-4-5-6-7-8-9-10-11-12-13-14-15-16-17-21-26-22-19-18-20-23(27)24(22)25/h18-20,26-27H,2-17,21H2,1H3. The Morgan fingerprint density at radius 2 is 1.15 bits per heavy atom. The third kappa shape index (κ3) is 13.0. The van der Waals surface area contributed by atoms with Crippen molar-refractivity contribution in [1.82, 2.24) is 0 Å². The molecule has 0 spiro atoms. The Balaban J connectivity index is 1.79. The van der Waals surface area contributed by atoms with Crippen molar-refractivity contribution >= 4 is 17.3 Å². The van der Waals surface area contributed by atoms with Crippen LogP contribution in [-0.2, 0) is 0 Å². The predicted molar refractivity (Wildman–Crippen MR) is 121 cm³/mol. The Bertz CT molecular complexity index is 464. The first-order valence-electron chi connectivity index (χ1n) is 11.5. The molecule has 2 N–H and O–H groups in total. The van der Waals surface area contributed by atoms with Crippen molar-refractivity contribution in [2.24, 2.45) is 0 Å². The molecule has 1 rings (SSSR count). The number of aromatic hydroxyl groups is 1. The van der Waals surface area contributed by atoms with Crippen LogP contribution < -0.4 is 5.32 Å². The van der Waals surface area contributed by atoms with Crippen LogP contribution in [-0.4, -0.2) is 11.7 Å². The first-order valence-corrected chi connectivity index (χ1v) is 11.8. The van der Waals surface area contributed by atoms with Gasteiger partial charge in [0.05, 0.1) is 5.69 Å². The normalized spacial score (nSPS) is 11.0. The highest BCUT2D eigenvalue weighted by Gasteiger charge is 2.03. The van der Waals surface area contributed by atoms with Crippen molar-refractivity contribution in [3.05, 3.63) is 23.2 Å². The SMILES string of the molecule is CCCCCCCCCCCCCCCCCCNc1cccc(O)c1Cl. The summed E-state index contributed by atoms with van der Waals surface area (Å²) in [5.74, 6) is 0.147. The molecule has 156 valence electrons. The van der Waals surface area contributed by atoms with Crippen molar-refractivity contribution in [3.63, 3.8) is 0 Å². The van der Waals surface area contributed by atoms with E-state index in [1.807, 2.05) is 12.1 Å². The van der Waals surface area contributed by atoms with Crippen LogP contribution in [0.4, 0.5) is 5.69 Å². The van der Waals surface area contributed by atoms with E-state index in [1.54, 1.807) is 6.07 Å². The molecular formula is C24H42ClNO. The summed E-state index contributed by atoms with van der Waals surface area (Å²) in [5, 5.41) is 13.3. The maximum absolute atomic E-state index is 9.57. The van der Waals surface area contributed by atoms with E-state index in [2.05, 4.69) is 12.2 Å². The minimum atomic E-state index is 0.147. The largest absolute Gasteiger partial charge is 0.506 e. The Morgan fingerprint density at radius 3 is 1.63 bits per heavy atom. The van der Waals surface area contributed by atoms with Crippen molar-refractivity contribution < 1.29 is 5.11 Å². The molecule has 0 amide bonds. The molecule has 1 aromatic rings. The van der Waals surface area contributed by atoms with Crippen LogP contribution in [0.1, 0.15) is 110 Å². The van der Waals surface area contributed by atoms with Crippen LogP contribution in [0.2, 0.25) is 5.02 Å². The van der Waals surface area contributed by atoms with Gasteiger partial charge in [0.15, 0.2) is 0 Å². The molecule has 2 nitrogen and oxygen atoms in total. The number of benzene rings is 1. The van der Waals surface area contributed by atoms with Gasteiger partial charge in [0.1, 0.15) is 10.8 Å². The summed E-state index contributed by atoms with van der Waals surface area (Å²) in [4.78, 5) is 0. The molecular weight excluding hydrogens is 354 g/mol. The van der Waals surface area contributed by atoms with E-state index in [-0.39, 0.29) is 5.75 Å². The van der Waals surface area contributed by atoms with Gasteiger partial charge >= 0.3 is 0 Å². The zero-order chi connectivity index (χ0) is 19.6. The summed E-state index contributed by atoms with van der Waals surface area (Å²) >= 11 is 6.06. The molecule has 0 aliphatic rings. The van der Waals surface area contributed by atoms with Crippen LogP contribution in [0.3, 0.4) is 0 Å². The van der Waals surface area contributed by atoms with Crippen LogP contribution in [0, 0.1) is 0 Å². The molecule has 0 aromatic heterocycles. The van der Waals surface area contributed by atoms with E-state index in [0.29, 0.717) is 5.02 Å². The minimum absolute atomic E-state index is 0.147. The fraction of sp³-hybridized carbons (Fsp3) is 0.750. The molecule has 27 heavy (non-hydrogen) atoms.